The number of fused-ring (bicyclic) bond motifs is 4. The molecule has 0 bridgehead atoms. The molecule has 0 radical (unpaired) electrons. The lowest BCUT2D eigenvalue weighted by molar-refractivity contribution is 1.32. The van der Waals surface area contributed by atoms with Gasteiger partial charge in [0.15, 0.2) is 8.07 Å². The van der Waals surface area contributed by atoms with Crippen LogP contribution < -0.4 is 25.6 Å². The average Bonchev–Trinajstić information content (AvgIpc) is 3.74. The van der Waals surface area contributed by atoms with Crippen LogP contribution in [0.3, 0.4) is 0 Å². The van der Waals surface area contributed by atoms with Crippen LogP contribution in [0, 0.1) is 0 Å². The van der Waals surface area contributed by atoms with Crippen molar-refractivity contribution in [3.8, 4) is 22.3 Å². The predicted octanol–water partition coefficient (Wildman–Crippen LogP) is 13.4. The number of hydrogen-bond donors (Lipinski definition) is 0. The average molecular weight is 812 g/mol. The molecule has 10 aromatic carbocycles. The minimum absolute atomic E-state index is 1.12. The SMILES string of the molecule is c1ccc(-c2cccc3c2sc2c(N(c4ccc(-c5cccc([Si](c6ccccc6)(c6ccccc6)c6ccccc6)c5)cc4)c4cccc5ccccc45)cccc23)cc1. The molecule has 3 heteroatoms. The molecule has 0 aliphatic rings. The smallest absolute Gasteiger partial charge is 0.179 e. The first-order chi connectivity index (χ1) is 30.3. The Morgan fingerprint density at radius 3 is 1.46 bits per heavy atom. The molecule has 0 spiro atoms. The molecule has 0 atom stereocenters. The molecule has 0 amide bonds. The van der Waals surface area contributed by atoms with E-state index in [9.17, 15) is 0 Å². The van der Waals surface area contributed by atoms with Gasteiger partial charge in [0.25, 0.3) is 0 Å². The fourth-order valence-corrected chi connectivity index (χ4v) is 15.6. The molecule has 0 saturated carbocycles. The third-order valence-corrected chi connectivity index (χ3v) is 18.3. The molecule has 288 valence electrons. The highest BCUT2D eigenvalue weighted by Gasteiger charge is 2.41. The number of benzene rings is 10. The molecule has 11 aromatic rings. The van der Waals surface area contributed by atoms with Gasteiger partial charge >= 0.3 is 0 Å². The van der Waals surface area contributed by atoms with Gasteiger partial charge in [-0.05, 0) is 72.7 Å². The van der Waals surface area contributed by atoms with Crippen molar-refractivity contribution in [3.05, 3.63) is 249 Å². The number of thiophene rings is 1. The van der Waals surface area contributed by atoms with Crippen molar-refractivity contribution in [3.63, 3.8) is 0 Å². The Morgan fingerprint density at radius 2 is 0.787 bits per heavy atom. The van der Waals surface area contributed by atoms with E-state index in [-0.39, 0.29) is 0 Å². The van der Waals surface area contributed by atoms with Crippen LogP contribution in [0.2, 0.25) is 0 Å². The standard InChI is InChI=1S/C58H41NSSi/c1-5-19-44(20-6-1)52-32-17-33-53-54-34-18-36-56(58(54)60-57(52)53)59(55-35-16-22-43-21-13-14-31-51(43)55)46-39-37-42(38-40-46)45-23-15-30-50(41-45)61(47-24-7-2-8-25-47,48-26-9-3-10-27-48)49-28-11-4-12-29-49/h1-41H. The largest absolute Gasteiger partial charge is 0.308 e. The molecule has 0 unspecified atom stereocenters. The summed E-state index contributed by atoms with van der Waals surface area (Å²) in [4.78, 5) is 2.47. The molecule has 1 aromatic heterocycles. The summed E-state index contributed by atoms with van der Waals surface area (Å²) in [5.74, 6) is 0. The highest BCUT2D eigenvalue weighted by Crippen LogP contribution is 2.48. The first-order valence-corrected chi connectivity index (χ1v) is 23.7. The Labute approximate surface area is 362 Å². The third-order valence-electron chi connectivity index (χ3n) is 12.2. The van der Waals surface area contributed by atoms with Crippen LogP contribution in [0.15, 0.2) is 249 Å². The van der Waals surface area contributed by atoms with E-state index < -0.39 is 8.07 Å². The van der Waals surface area contributed by atoms with Crippen LogP contribution >= 0.6 is 11.3 Å². The normalized spacial score (nSPS) is 11.6. The van der Waals surface area contributed by atoms with Crippen LogP contribution in [0.1, 0.15) is 0 Å². The predicted molar refractivity (Wildman–Crippen MR) is 266 cm³/mol. The summed E-state index contributed by atoms with van der Waals surface area (Å²) in [5.41, 5.74) is 8.36. The monoisotopic (exact) mass is 811 g/mol. The van der Waals surface area contributed by atoms with Crippen LogP contribution in [0.5, 0.6) is 0 Å². The molecule has 0 N–H and O–H groups in total. The van der Waals surface area contributed by atoms with Crippen molar-refractivity contribution in [2.24, 2.45) is 0 Å². The quantitative estimate of drug-likeness (QED) is 0.104. The summed E-state index contributed by atoms with van der Waals surface area (Å²) in [5, 5.41) is 10.5. The first-order valence-electron chi connectivity index (χ1n) is 20.9. The maximum absolute atomic E-state index is 2.68. The van der Waals surface area contributed by atoms with Crippen molar-refractivity contribution in [1.82, 2.24) is 0 Å². The fraction of sp³-hybridized carbons (Fsp3) is 0. The molecule has 0 saturated heterocycles. The second kappa shape index (κ2) is 15.7. The summed E-state index contributed by atoms with van der Waals surface area (Å²) >= 11 is 1.89. The van der Waals surface area contributed by atoms with Crippen molar-refractivity contribution >= 4 is 88.2 Å². The lowest BCUT2D eigenvalue weighted by atomic mass is 10.0. The molecule has 61 heavy (non-hydrogen) atoms. The second-order valence-corrected chi connectivity index (χ2v) is 20.4. The van der Waals surface area contributed by atoms with Gasteiger partial charge in [-0.1, -0.05) is 224 Å². The van der Waals surface area contributed by atoms with Crippen molar-refractivity contribution in [2.45, 2.75) is 0 Å². The van der Waals surface area contributed by atoms with Gasteiger partial charge in [0.1, 0.15) is 0 Å². The number of hydrogen-bond acceptors (Lipinski definition) is 2. The van der Waals surface area contributed by atoms with Crippen LogP contribution in [0.25, 0.3) is 53.2 Å². The molecule has 0 aliphatic heterocycles. The number of nitrogens with zero attached hydrogens (tertiary/aromatic N) is 1. The van der Waals surface area contributed by atoms with Crippen LogP contribution in [-0.2, 0) is 0 Å². The van der Waals surface area contributed by atoms with E-state index in [1.165, 1.54) is 79.6 Å². The molecular weight excluding hydrogens is 771 g/mol. The summed E-state index contributed by atoms with van der Waals surface area (Å²) < 4.78 is 2.58. The first kappa shape index (κ1) is 36.8. The summed E-state index contributed by atoms with van der Waals surface area (Å²) in [7, 11) is -2.68. The van der Waals surface area contributed by atoms with E-state index in [0.29, 0.717) is 0 Å². The Hall–Kier alpha value is -7.30. The van der Waals surface area contributed by atoms with Gasteiger partial charge in [0.2, 0.25) is 0 Å². The Bertz CT molecular complexity index is 3190. The maximum atomic E-state index is 2.47. The fourth-order valence-electron chi connectivity index (χ4n) is 9.44. The van der Waals surface area contributed by atoms with Gasteiger partial charge in [-0.3, -0.25) is 0 Å². The van der Waals surface area contributed by atoms with Crippen LogP contribution in [0.4, 0.5) is 17.1 Å². The van der Waals surface area contributed by atoms with Crippen molar-refractivity contribution in [1.29, 1.82) is 0 Å². The van der Waals surface area contributed by atoms with Gasteiger partial charge < -0.3 is 4.90 Å². The Morgan fingerprint density at radius 1 is 0.311 bits per heavy atom. The second-order valence-electron chi connectivity index (χ2n) is 15.6. The summed E-state index contributed by atoms with van der Waals surface area (Å²) in [6, 6.07) is 91.8. The lowest BCUT2D eigenvalue weighted by Crippen LogP contribution is -2.74. The minimum Gasteiger partial charge on any atom is -0.308 e. The van der Waals surface area contributed by atoms with Crippen LogP contribution in [-0.4, -0.2) is 8.07 Å². The lowest BCUT2D eigenvalue weighted by Gasteiger charge is -2.34. The minimum atomic E-state index is -2.68. The maximum Gasteiger partial charge on any atom is 0.179 e. The van der Waals surface area contributed by atoms with E-state index in [2.05, 4.69) is 254 Å². The number of rotatable bonds is 9. The zero-order valence-electron chi connectivity index (χ0n) is 33.5. The van der Waals surface area contributed by atoms with E-state index in [1.807, 2.05) is 11.3 Å². The van der Waals surface area contributed by atoms with E-state index >= 15 is 0 Å². The van der Waals surface area contributed by atoms with Gasteiger partial charge in [-0.15, -0.1) is 11.3 Å². The summed E-state index contributed by atoms with van der Waals surface area (Å²) in [6.07, 6.45) is 0. The zero-order chi connectivity index (χ0) is 40.6. The molecule has 1 nitrogen and oxygen atoms in total. The molecule has 0 fully saturated rings. The van der Waals surface area contributed by atoms with Gasteiger partial charge in [-0.25, -0.2) is 0 Å². The molecule has 1 heterocycles. The van der Waals surface area contributed by atoms with Gasteiger partial charge in [0.05, 0.1) is 16.1 Å². The third kappa shape index (κ3) is 6.38. The van der Waals surface area contributed by atoms with E-state index in [0.717, 1.165) is 11.4 Å². The van der Waals surface area contributed by atoms with Crippen molar-refractivity contribution < 1.29 is 0 Å². The van der Waals surface area contributed by atoms with E-state index in [4.69, 9.17) is 0 Å². The highest BCUT2D eigenvalue weighted by molar-refractivity contribution is 7.27. The van der Waals surface area contributed by atoms with Gasteiger partial charge in [0, 0.05) is 26.5 Å². The Balaban J connectivity index is 1.08. The number of anilines is 3. The highest BCUT2D eigenvalue weighted by atomic mass is 32.1. The van der Waals surface area contributed by atoms with Gasteiger partial charge in [-0.2, -0.15) is 0 Å². The van der Waals surface area contributed by atoms with Crippen molar-refractivity contribution in [2.75, 3.05) is 4.90 Å². The summed E-state index contributed by atoms with van der Waals surface area (Å²) in [6.45, 7) is 0. The molecular formula is C58H41NSSi. The molecule has 11 rings (SSSR count). The topological polar surface area (TPSA) is 3.24 Å². The zero-order valence-corrected chi connectivity index (χ0v) is 35.3. The Kier molecular flexibility index (Phi) is 9.46. The molecule has 0 aliphatic carbocycles. The van der Waals surface area contributed by atoms with E-state index in [1.54, 1.807) is 0 Å².